The fourth-order valence-electron chi connectivity index (χ4n) is 2.31. The van der Waals surface area contributed by atoms with Crippen molar-refractivity contribution in [3.63, 3.8) is 0 Å². The first kappa shape index (κ1) is 15.6. The minimum absolute atomic E-state index is 0.130. The van der Waals surface area contributed by atoms with Crippen molar-refractivity contribution in [3.8, 4) is 5.75 Å². The third kappa shape index (κ3) is 5.24. The molecule has 2 aromatic rings. The fraction of sp³-hybridized carbons (Fsp3) is 0.368. The lowest BCUT2D eigenvalue weighted by molar-refractivity contribution is 0.307. The van der Waals surface area contributed by atoms with E-state index in [0.717, 1.165) is 38.0 Å². The topological polar surface area (TPSA) is 35.2 Å². The van der Waals surface area contributed by atoms with Gasteiger partial charge in [0.15, 0.2) is 0 Å². The fourth-order valence-corrected chi connectivity index (χ4v) is 2.31. The smallest absolute Gasteiger partial charge is 0.119 e. The van der Waals surface area contributed by atoms with Gasteiger partial charge in [0, 0.05) is 6.04 Å². The lowest BCUT2D eigenvalue weighted by Gasteiger charge is -2.11. The van der Waals surface area contributed by atoms with Gasteiger partial charge < -0.3 is 10.5 Å². The van der Waals surface area contributed by atoms with Gasteiger partial charge in [-0.05, 0) is 48.9 Å². The van der Waals surface area contributed by atoms with E-state index in [-0.39, 0.29) is 6.04 Å². The van der Waals surface area contributed by atoms with E-state index >= 15 is 0 Å². The highest BCUT2D eigenvalue weighted by Gasteiger charge is 2.02. The van der Waals surface area contributed by atoms with Gasteiger partial charge in [-0.15, -0.1) is 0 Å². The van der Waals surface area contributed by atoms with Gasteiger partial charge >= 0.3 is 0 Å². The van der Waals surface area contributed by atoms with E-state index < -0.39 is 0 Å². The highest BCUT2D eigenvalue weighted by Crippen LogP contribution is 2.18. The first-order valence-electron chi connectivity index (χ1n) is 7.82. The van der Waals surface area contributed by atoms with Crippen LogP contribution in [0.5, 0.6) is 5.75 Å². The number of benzene rings is 2. The molecular weight excluding hydrogens is 258 g/mol. The van der Waals surface area contributed by atoms with Gasteiger partial charge in [0.2, 0.25) is 0 Å². The molecule has 0 bridgehead atoms. The Bertz CT molecular complexity index is 507. The minimum Gasteiger partial charge on any atom is -0.494 e. The van der Waals surface area contributed by atoms with Gasteiger partial charge in [-0.3, -0.25) is 0 Å². The predicted octanol–water partition coefficient (Wildman–Crippen LogP) is 4.50. The van der Waals surface area contributed by atoms with Crippen molar-refractivity contribution in [2.24, 2.45) is 5.73 Å². The van der Waals surface area contributed by atoms with Gasteiger partial charge in [-0.1, -0.05) is 49.4 Å². The van der Waals surface area contributed by atoms with Crippen LogP contribution in [0.25, 0.3) is 0 Å². The maximum Gasteiger partial charge on any atom is 0.119 e. The zero-order valence-electron chi connectivity index (χ0n) is 12.8. The van der Waals surface area contributed by atoms with Crippen LogP contribution in [0.4, 0.5) is 0 Å². The Balaban J connectivity index is 1.67. The summed E-state index contributed by atoms with van der Waals surface area (Å²) in [7, 11) is 0. The molecule has 2 N–H and O–H groups in total. The number of hydrogen-bond acceptors (Lipinski definition) is 2. The molecule has 2 aromatic carbocycles. The molecule has 2 nitrogen and oxygen atoms in total. The molecular formula is C19H25NO. The molecule has 0 saturated carbocycles. The lowest BCUT2D eigenvalue weighted by Crippen LogP contribution is -2.08. The molecule has 0 heterocycles. The van der Waals surface area contributed by atoms with E-state index in [1.54, 1.807) is 0 Å². The SMILES string of the molecule is CC[C@@H](N)c1ccc(OCCCCc2ccccc2)cc1. The normalized spacial score (nSPS) is 12.1. The first-order chi connectivity index (χ1) is 10.3. The molecule has 0 fully saturated rings. The Labute approximate surface area is 127 Å². The number of unbranched alkanes of at least 4 members (excludes halogenated alkanes) is 1. The Kier molecular flexibility index (Phi) is 6.29. The molecule has 2 heteroatoms. The first-order valence-corrected chi connectivity index (χ1v) is 7.82. The van der Waals surface area contributed by atoms with E-state index in [0.29, 0.717) is 0 Å². The maximum absolute atomic E-state index is 6.00. The van der Waals surface area contributed by atoms with Crippen LogP contribution in [0.2, 0.25) is 0 Å². The number of ether oxygens (including phenoxy) is 1. The maximum atomic E-state index is 6.00. The zero-order chi connectivity index (χ0) is 14.9. The van der Waals surface area contributed by atoms with Crippen molar-refractivity contribution in [1.29, 1.82) is 0 Å². The largest absolute Gasteiger partial charge is 0.494 e. The molecule has 0 spiro atoms. The van der Waals surface area contributed by atoms with Crippen LogP contribution in [0.15, 0.2) is 54.6 Å². The summed E-state index contributed by atoms with van der Waals surface area (Å²) in [6, 6.07) is 18.9. The number of nitrogens with two attached hydrogens (primary N) is 1. The molecule has 0 aliphatic carbocycles. The Morgan fingerprint density at radius 1 is 0.952 bits per heavy atom. The highest BCUT2D eigenvalue weighted by atomic mass is 16.5. The molecule has 1 atom stereocenters. The summed E-state index contributed by atoms with van der Waals surface area (Å²) < 4.78 is 5.77. The van der Waals surface area contributed by atoms with Crippen LogP contribution in [0.3, 0.4) is 0 Å². The van der Waals surface area contributed by atoms with Gasteiger partial charge in [-0.2, -0.15) is 0 Å². The second-order valence-corrected chi connectivity index (χ2v) is 5.37. The molecule has 0 aliphatic heterocycles. The third-order valence-corrected chi connectivity index (χ3v) is 3.72. The van der Waals surface area contributed by atoms with Crippen LogP contribution in [0, 0.1) is 0 Å². The van der Waals surface area contributed by atoms with E-state index in [2.05, 4.69) is 49.4 Å². The molecule has 112 valence electrons. The van der Waals surface area contributed by atoms with Gasteiger partial charge in [0.05, 0.1) is 6.61 Å². The minimum atomic E-state index is 0.130. The summed E-state index contributed by atoms with van der Waals surface area (Å²) in [5.74, 6) is 0.932. The highest BCUT2D eigenvalue weighted by molar-refractivity contribution is 5.28. The summed E-state index contributed by atoms with van der Waals surface area (Å²) in [6.45, 7) is 2.87. The molecule has 0 aromatic heterocycles. The van der Waals surface area contributed by atoms with Gasteiger partial charge in [0.25, 0.3) is 0 Å². The molecule has 0 aliphatic rings. The molecule has 0 unspecified atom stereocenters. The molecule has 21 heavy (non-hydrogen) atoms. The summed E-state index contributed by atoms with van der Waals surface area (Å²) in [5.41, 5.74) is 8.57. The van der Waals surface area contributed by atoms with E-state index in [1.807, 2.05) is 12.1 Å². The Morgan fingerprint density at radius 3 is 2.33 bits per heavy atom. The molecule has 0 saturated heterocycles. The quantitative estimate of drug-likeness (QED) is 0.724. The number of aryl methyl sites for hydroxylation is 1. The summed E-state index contributed by atoms with van der Waals surface area (Å²) in [5, 5.41) is 0. The van der Waals surface area contributed by atoms with Crippen molar-refractivity contribution in [2.75, 3.05) is 6.61 Å². The monoisotopic (exact) mass is 283 g/mol. The summed E-state index contributed by atoms with van der Waals surface area (Å²) in [6.07, 6.45) is 4.31. The Morgan fingerprint density at radius 2 is 1.67 bits per heavy atom. The van der Waals surface area contributed by atoms with Crippen molar-refractivity contribution >= 4 is 0 Å². The van der Waals surface area contributed by atoms with Gasteiger partial charge in [0.1, 0.15) is 5.75 Å². The van der Waals surface area contributed by atoms with Crippen molar-refractivity contribution in [1.82, 2.24) is 0 Å². The van der Waals surface area contributed by atoms with E-state index in [9.17, 15) is 0 Å². The standard InChI is InChI=1S/C19H25NO/c1-2-19(20)17-11-13-18(14-12-17)21-15-7-6-10-16-8-4-3-5-9-16/h3-5,8-9,11-14,19H,2,6-7,10,15,20H2,1H3/t19-/m1/s1. The van der Waals surface area contributed by atoms with Crippen molar-refractivity contribution < 1.29 is 4.74 Å². The second-order valence-electron chi connectivity index (χ2n) is 5.37. The average Bonchev–Trinajstić information content (AvgIpc) is 2.55. The van der Waals surface area contributed by atoms with Crippen molar-refractivity contribution in [3.05, 3.63) is 65.7 Å². The molecule has 0 amide bonds. The van der Waals surface area contributed by atoms with E-state index in [4.69, 9.17) is 10.5 Å². The van der Waals surface area contributed by atoms with Crippen LogP contribution in [-0.2, 0) is 6.42 Å². The van der Waals surface area contributed by atoms with Crippen LogP contribution in [-0.4, -0.2) is 6.61 Å². The Hall–Kier alpha value is -1.80. The zero-order valence-corrected chi connectivity index (χ0v) is 12.8. The van der Waals surface area contributed by atoms with Crippen LogP contribution in [0.1, 0.15) is 43.4 Å². The number of hydrogen-bond donors (Lipinski definition) is 1. The van der Waals surface area contributed by atoms with Crippen LogP contribution < -0.4 is 10.5 Å². The second kappa shape index (κ2) is 8.48. The molecule has 2 rings (SSSR count). The molecule has 0 radical (unpaired) electrons. The summed E-state index contributed by atoms with van der Waals surface area (Å²) in [4.78, 5) is 0. The lowest BCUT2D eigenvalue weighted by atomic mass is 10.1. The van der Waals surface area contributed by atoms with Crippen LogP contribution >= 0.6 is 0 Å². The van der Waals surface area contributed by atoms with E-state index in [1.165, 1.54) is 11.1 Å². The predicted molar refractivity (Wildman–Crippen MR) is 88.5 cm³/mol. The number of rotatable bonds is 8. The average molecular weight is 283 g/mol. The van der Waals surface area contributed by atoms with Gasteiger partial charge in [-0.25, -0.2) is 0 Å². The summed E-state index contributed by atoms with van der Waals surface area (Å²) >= 11 is 0. The van der Waals surface area contributed by atoms with Crippen molar-refractivity contribution in [2.45, 2.75) is 38.6 Å². The third-order valence-electron chi connectivity index (χ3n) is 3.72.